The first-order valence-corrected chi connectivity index (χ1v) is 11.9. The quantitative estimate of drug-likeness (QED) is 0.512. The molecule has 0 saturated carbocycles. The minimum Gasteiger partial charge on any atom is -0.467 e. The van der Waals surface area contributed by atoms with E-state index in [4.69, 9.17) is 14.8 Å². The van der Waals surface area contributed by atoms with Gasteiger partial charge in [0.15, 0.2) is 5.17 Å². The van der Waals surface area contributed by atoms with Gasteiger partial charge in [-0.3, -0.25) is 20.5 Å². The molecule has 1 amide bonds. The SMILES string of the molecule is CCc1ccc(N2C(=N)C3C(C)NNC3N=C2SC(CC)C(=O)NCc2ccco2)cc1. The summed E-state index contributed by atoms with van der Waals surface area (Å²) in [4.78, 5) is 19.7. The third kappa shape index (κ3) is 4.60. The van der Waals surface area contributed by atoms with Crippen LogP contribution in [0.4, 0.5) is 5.69 Å². The molecule has 2 aliphatic heterocycles. The van der Waals surface area contributed by atoms with Gasteiger partial charge in [0, 0.05) is 11.7 Å². The van der Waals surface area contributed by atoms with E-state index in [1.165, 1.54) is 17.3 Å². The standard InChI is InChI=1S/C23H30N6O2S/c1-4-15-8-10-16(11-9-15)29-20(24)19-14(3)27-28-21(19)26-23(29)32-18(5-2)22(30)25-13-17-7-6-12-31-17/h6-12,14,18-19,21,24,27-28H,4-5,13H2,1-3H3,(H,25,30). The largest absolute Gasteiger partial charge is 0.467 e. The normalized spacial score (nSPS) is 23.6. The average molecular weight is 455 g/mol. The summed E-state index contributed by atoms with van der Waals surface area (Å²) in [5, 5.41) is 12.3. The van der Waals surface area contributed by atoms with Gasteiger partial charge >= 0.3 is 0 Å². The molecule has 0 aliphatic carbocycles. The topological polar surface area (TPSA) is 106 Å². The van der Waals surface area contributed by atoms with Gasteiger partial charge < -0.3 is 9.73 Å². The summed E-state index contributed by atoms with van der Waals surface area (Å²) in [5.74, 6) is 1.04. The Morgan fingerprint density at radius 1 is 1.28 bits per heavy atom. The highest BCUT2D eigenvalue weighted by Gasteiger charge is 2.44. The summed E-state index contributed by atoms with van der Waals surface area (Å²) >= 11 is 1.40. The maximum absolute atomic E-state index is 12.9. The summed E-state index contributed by atoms with van der Waals surface area (Å²) in [7, 11) is 0. The summed E-state index contributed by atoms with van der Waals surface area (Å²) in [6.07, 6.45) is 2.96. The number of carbonyl (C=O) groups excluding carboxylic acids is 1. The van der Waals surface area contributed by atoms with Gasteiger partial charge in [-0.15, -0.1) is 0 Å². The molecule has 32 heavy (non-hydrogen) atoms. The Bertz CT molecular complexity index is 975. The highest BCUT2D eigenvalue weighted by Crippen LogP contribution is 2.33. The van der Waals surface area contributed by atoms with E-state index in [0.29, 0.717) is 29.7 Å². The van der Waals surface area contributed by atoms with Crippen molar-refractivity contribution in [3.8, 4) is 0 Å². The highest BCUT2D eigenvalue weighted by atomic mass is 32.2. The minimum absolute atomic E-state index is 0.0718. The summed E-state index contributed by atoms with van der Waals surface area (Å²) in [6.45, 7) is 6.51. The van der Waals surface area contributed by atoms with E-state index in [0.717, 1.165) is 12.1 Å². The molecule has 8 nitrogen and oxygen atoms in total. The third-order valence-corrected chi connectivity index (χ3v) is 7.20. The fourth-order valence-electron chi connectivity index (χ4n) is 3.96. The second kappa shape index (κ2) is 9.89. The van der Waals surface area contributed by atoms with E-state index in [9.17, 15) is 4.79 Å². The van der Waals surface area contributed by atoms with Crippen molar-refractivity contribution >= 4 is 34.4 Å². The predicted molar refractivity (Wildman–Crippen MR) is 129 cm³/mol. The highest BCUT2D eigenvalue weighted by molar-refractivity contribution is 8.15. The lowest BCUT2D eigenvalue weighted by Crippen LogP contribution is -2.51. The van der Waals surface area contributed by atoms with E-state index in [-0.39, 0.29) is 29.3 Å². The summed E-state index contributed by atoms with van der Waals surface area (Å²) < 4.78 is 5.32. The van der Waals surface area contributed by atoms with Crippen LogP contribution in [0, 0.1) is 11.3 Å². The van der Waals surface area contributed by atoms with Crippen molar-refractivity contribution in [2.75, 3.05) is 4.90 Å². The van der Waals surface area contributed by atoms with Crippen LogP contribution in [0.25, 0.3) is 0 Å². The molecule has 0 radical (unpaired) electrons. The molecule has 1 saturated heterocycles. The van der Waals surface area contributed by atoms with E-state index in [1.807, 2.05) is 30.0 Å². The number of fused-ring (bicyclic) bond motifs is 1. The first-order valence-electron chi connectivity index (χ1n) is 11.0. The van der Waals surface area contributed by atoms with Crippen molar-refractivity contribution in [1.29, 1.82) is 5.41 Å². The number of amides is 1. The number of aryl methyl sites for hydroxylation is 1. The van der Waals surface area contributed by atoms with Crippen LogP contribution in [0.15, 0.2) is 52.1 Å². The van der Waals surface area contributed by atoms with Crippen LogP contribution in [0.1, 0.15) is 38.5 Å². The number of benzene rings is 1. The maximum Gasteiger partial charge on any atom is 0.233 e. The number of hydrogen-bond acceptors (Lipinski definition) is 7. The van der Waals surface area contributed by atoms with Gasteiger partial charge in [0.1, 0.15) is 17.8 Å². The first kappa shape index (κ1) is 22.6. The number of thioether (sulfide) groups is 1. The number of hydrazine groups is 1. The Balaban J connectivity index is 1.58. The molecule has 0 bridgehead atoms. The number of anilines is 1. The molecule has 4 rings (SSSR count). The average Bonchev–Trinajstić information content (AvgIpc) is 3.46. The Hall–Kier alpha value is -2.62. The van der Waals surface area contributed by atoms with Gasteiger partial charge in [0.2, 0.25) is 5.91 Å². The maximum atomic E-state index is 12.9. The smallest absolute Gasteiger partial charge is 0.233 e. The van der Waals surface area contributed by atoms with E-state index in [2.05, 4.69) is 42.1 Å². The van der Waals surface area contributed by atoms with Gasteiger partial charge in [-0.05, 0) is 49.6 Å². The van der Waals surface area contributed by atoms with Crippen molar-refractivity contribution in [3.63, 3.8) is 0 Å². The number of rotatable bonds is 7. The number of aliphatic imine (C=N–C) groups is 1. The van der Waals surface area contributed by atoms with Crippen molar-refractivity contribution in [2.45, 2.75) is 57.6 Å². The fraction of sp³-hybridized carbons (Fsp3) is 0.435. The van der Waals surface area contributed by atoms with Crippen molar-refractivity contribution in [1.82, 2.24) is 16.2 Å². The van der Waals surface area contributed by atoms with Crippen LogP contribution < -0.4 is 21.1 Å². The zero-order chi connectivity index (χ0) is 22.7. The molecule has 0 spiro atoms. The monoisotopic (exact) mass is 454 g/mol. The summed E-state index contributed by atoms with van der Waals surface area (Å²) in [5.41, 5.74) is 8.53. The van der Waals surface area contributed by atoms with Crippen LogP contribution in [0.2, 0.25) is 0 Å². The lowest BCUT2D eigenvalue weighted by atomic mass is 9.97. The Kier molecular flexibility index (Phi) is 6.98. The van der Waals surface area contributed by atoms with Crippen molar-refractivity contribution < 1.29 is 9.21 Å². The second-order valence-corrected chi connectivity index (χ2v) is 9.18. The zero-order valence-corrected chi connectivity index (χ0v) is 19.4. The van der Waals surface area contributed by atoms with Crippen molar-refractivity contribution in [3.05, 3.63) is 54.0 Å². The number of nitrogens with one attached hydrogen (secondary N) is 4. The van der Waals surface area contributed by atoms with Gasteiger partial charge in [0.05, 0.1) is 24.0 Å². The number of nitrogens with zero attached hydrogens (tertiary/aromatic N) is 2. The number of furan rings is 1. The molecule has 170 valence electrons. The first-order chi connectivity index (χ1) is 15.5. The molecule has 4 unspecified atom stereocenters. The van der Waals surface area contributed by atoms with Gasteiger partial charge in [-0.2, -0.15) is 0 Å². The Morgan fingerprint density at radius 2 is 2.06 bits per heavy atom. The fourth-order valence-corrected chi connectivity index (χ4v) is 5.06. The number of amidine groups is 2. The molecule has 2 aliphatic rings. The summed E-state index contributed by atoms with van der Waals surface area (Å²) in [6, 6.07) is 11.9. The number of hydrogen-bond donors (Lipinski definition) is 4. The molecule has 4 N–H and O–H groups in total. The molecule has 4 atom stereocenters. The van der Waals surface area contributed by atoms with Gasteiger partial charge in [-0.25, -0.2) is 10.4 Å². The van der Waals surface area contributed by atoms with Gasteiger partial charge in [0.25, 0.3) is 0 Å². The van der Waals surface area contributed by atoms with Crippen LogP contribution in [-0.2, 0) is 17.8 Å². The molecular formula is C23H30N6O2S. The molecule has 1 aromatic heterocycles. The van der Waals surface area contributed by atoms with Crippen LogP contribution in [0.5, 0.6) is 0 Å². The van der Waals surface area contributed by atoms with E-state index in [1.54, 1.807) is 12.3 Å². The van der Waals surface area contributed by atoms with Crippen molar-refractivity contribution in [2.24, 2.45) is 10.9 Å². The van der Waals surface area contributed by atoms with E-state index < -0.39 is 0 Å². The second-order valence-electron chi connectivity index (χ2n) is 8.01. The third-order valence-electron chi connectivity index (χ3n) is 5.87. The molecule has 1 aromatic carbocycles. The molecule has 1 fully saturated rings. The van der Waals surface area contributed by atoms with Crippen LogP contribution in [-0.4, -0.2) is 34.4 Å². The van der Waals surface area contributed by atoms with Crippen LogP contribution in [0.3, 0.4) is 0 Å². The predicted octanol–water partition coefficient (Wildman–Crippen LogP) is 3.26. The Morgan fingerprint density at radius 3 is 2.72 bits per heavy atom. The van der Waals surface area contributed by atoms with Crippen LogP contribution >= 0.6 is 11.8 Å². The zero-order valence-electron chi connectivity index (χ0n) is 18.6. The lowest BCUT2D eigenvalue weighted by Gasteiger charge is -2.36. The van der Waals surface area contributed by atoms with E-state index >= 15 is 0 Å². The number of carbonyl (C=O) groups is 1. The lowest BCUT2D eigenvalue weighted by molar-refractivity contribution is -0.120. The molecule has 9 heteroatoms. The Labute approximate surface area is 192 Å². The molecule has 3 heterocycles. The molecular weight excluding hydrogens is 424 g/mol. The minimum atomic E-state index is -0.336. The van der Waals surface area contributed by atoms with Gasteiger partial charge in [-0.1, -0.05) is 37.7 Å². The molecule has 2 aromatic rings.